The number of aliphatic hydroxyl groups excluding tert-OH is 5. The molecule has 0 aromatic carbocycles. The van der Waals surface area contributed by atoms with E-state index in [0.29, 0.717) is 13.0 Å². The van der Waals surface area contributed by atoms with E-state index in [1.807, 2.05) is 0 Å². The molecule has 0 aromatic heterocycles. The maximum absolute atomic E-state index is 12.8. The van der Waals surface area contributed by atoms with Gasteiger partial charge >= 0.3 is 13.8 Å². The van der Waals surface area contributed by atoms with E-state index in [9.17, 15) is 39.8 Å². The van der Waals surface area contributed by atoms with Gasteiger partial charge in [-0.05, 0) is 44.9 Å². The minimum Gasteiger partial charge on any atom is -0.457 e. The third-order valence-corrected chi connectivity index (χ3v) is 10.8. The van der Waals surface area contributed by atoms with Crippen molar-refractivity contribution in [2.24, 2.45) is 0 Å². The van der Waals surface area contributed by atoms with Gasteiger partial charge in [-0.1, -0.05) is 141 Å². The zero-order chi connectivity index (χ0) is 39.9. The highest BCUT2D eigenvalue weighted by Crippen LogP contribution is 2.47. The van der Waals surface area contributed by atoms with Crippen molar-refractivity contribution in [3.05, 3.63) is 24.3 Å². The first-order chi connectivity index (χ1) is 26.0. The quantitative estimate of drug-likeness (QED) is 0.0159. The Kier molecular flexibility index (Phi) is 30.9. The molecule has 13 heteroatoms. The number of carbonyl (C=O) groups excluding carboxylic acids is 1. The molecular formula is C41H77O12P. The largest absolute Gasteiger partial charge is 0.472 e. The molecule has 6 atom stereocenters. The van der Waals surface area contributed by atoms with Gasteiger partial charge in [0.2, 0.25) is 0 Å². The van der Waals surface area contributed by atoms with Gasteiger partial charge in [-0.15, -0.1) is 0 Å². The fourth-order valence-electron chi connectivity index (χ4n) is 6.38. The summed E-state index contributed by atoms with van der Waals surface area (Å²) in [4.78, 5) is 23.0. The lowest BCUT2D eigenvalue weighted by Crippen LogP contribution is -2.64. The number of aliphatic hydroxyl groups is 5. The molecule has 12 nitrogen and oxygen atoms in total. The first kappa shape index (κ1) is 50.8. The number of phosphoric ester groups is 1. The third-order valence-electron chi connectivity index (χ3n) is 9.83. The lowest BCUT2D eigenvalue weighted by Gasteiger charge is -2.41. The molecule has 6 unspecified atom stereocenters. The molecule has 0 saturated heterocycles. The molecular weight excluding hydrogens is 715 g/mol. The maximum Gasteiger partial charge on any atom is 0.472 e. The molecule has 0 bridgehead atoms. The Morgan fingerprint density at radius 3 is 1.59 bits per heavy atom. The SMILES string of the molecule is CCCCC/C=C\C/C=C\CCCCCCCCOCC(COP(=O)(O)OC1C(O)C(O)C(O)C(O)C1O)OC(=O)CCCCCCCCCCCCC. The van der Waals surface area contributed by atoms with Gasteiger partial charge in [0.1, 0.15) is 42.7 Å². The van der Waals surface area contributed by atoms with E-state index >= 15 is 0 Å². The van der Waals surface area contributed by atoms with Crippen LogP contribution in [0, 0.1) is 0 Å². The second-order valence-corrected chi connectivity index (χ2v) is 16.3. The van der Waals surface area contributed by atoms with E-state index in [1.165, 1.54) is 83.5 Å². The number of hydrogen-bond donors (Lipinski definition) is 6. The summed E-state index contributed by atoms with van der Waals surface area (Å²) in [6, 6.07) is 0. The number of ether oxygens (including phenoxy) is 2. The lowest BCUT2D eigenvalue weighted by molar-refractivity contribution is -0.220. The number of carbonyl (C=O) groups is 1. The molecule has 6 N–H and O–H groups in total. The van der Waals surface area contributed by atoms with Gasteiger partial charge in [0.05, 0.1) is 13.2 Å². The van der Waals surface area contributed by atoms with Crippen molar-refractivity contribution in [3.8, 4) is 0 Å². The third kappa shape index (κ3) is 25.1. The zero-order valence-corrected chi connectivity index (χ0v) is 34.4. The average molecular weight is 793 g/mol. The van der Waals surface area contributed by atoms with Crippen LogP contribution < -0.4 is 0 Å². The van der Waals surface area contributed by atoms with Crippen LogP contribution in [0.3, 0.4) is 0 Å². The Morgan fingerprint density at radius 1 is 0.593 bits per heavy atom. The van der Waals surface area contributed by atoms with Crippen LogP contribution >= 0.6 is 7.82 Å². The van der Waals surface area contributed by atoms with Crippen molar-refractivity contribution in [2.75, 3.05) is 19.8 Å². The summed E-state index contributed by atoms with van der Waals surface area (Å²) < 4.78 is 34.0. The summed E-state index contributed by atoms with van der Waals surface area (Å²) >= 11 is 0. The molecule has 54 heavy (non-hydrogen) atoms. The van der Waals surface area contributed by atoms with E-state index in [0.717, 1.165) is 57.8 Å². The highest BCUT2D eigenvalue weighted by molar-refractivity contribution is 7.47. The van der Waals surface area contributed by atoms with Gasteiger partial charge < -0.3 is 39.9 Å². The van der Waals surface area contributed by atoms with Crippen molar-refractivity contribution < 1.29 is 58.3 Å². The first-order valence-corrected chi connectivity index (χ1v) is 22.7. The smallest absolute Gasteiger partial charge is 0.457 e. The van der Waals surface area contributed by atoms with Gasteiger partial charge in [0.15, 0.2) is 0 Å². The van der Waals surface area contributed by atoms with Crippen molar-refractivity contribution in [1.82, 2.24) is 0 Å². The van der Waals surface area contributed by atoms with Gasteiger partial charge in [0, 0.05) is 13.0 Å². The minimum atomic E-state index is -5.01. The molecule has 1 aliphatic carbocycles. The Balaban J connectivity index is 2.43. The monoisotopic (exact) mass is 793 g/mol. The van der Waals surface area contributed by atoms with Crippen molar-refractivity contribution in [1.29, 1.82) is 0 Å². The van der Waals surface area contributed by atoms with Crippen LogP contribution in [0.2, 0.25) is 0 Å². The number of unbranched alkanes of at least 4 members (excludes halogenated alkanes) is 19. The standard InChI is InChI=1S/C41H77O12P/c1-3-5-7-9-11-13-15-16-17-18-19-21-23-25-27-29-31-50-32-34(52-35(42)30-28-26-24-22-20-14-12-10-8-6-4-2)33-51-54(48,49)53-41-39(46)37(44)36(43)38(45)40(41)47/h11,13,16-17,34,36-41,43-47H,3-10,12,14-15,18-33H2,1-2H3,(H,48,49)/b13-11-,17-16-. The first-order valence-electron chi connectivity index (χ1n) is 21.2. The Bertz CT molecular complexity index is 995. The van der Waals surface area contributed by atoms with Crippen LogP contribution in [0.1, 0.15) is 168 Å². The summed E-state index contributed by atoms with van der Waals surface area (Å²) in [6.07, 6.45) is 22.5. The molecule has 0 amide bonds. The molecule has 0 radical (unpaired) electrons. The minimum absolute atomic E-state index is 0.0808. The fourth-order valence-corrected chi connectivity index (χ4v) is 7.36. The molecule has 1 rings (SSSR count). The van der Waals surface area contributed by atoms with Gasteiger partial charge in [0.25, 0.3) is 0 Å². The average Bonchev–Trinajstić information content (AvgIpc) is 3.15. The molecule has 0 heterocycles. The Labute approximate surface area is 326 Å². The molecule has 1 aliphatic rings. The van der Waals surface area contributed by atoms with E-state index in [4.69, 9.17) is 18.5 Å². The van der Waals surface area contributed by atoms with E-state index < -0.39 is 63.1 Å². The molecule has 318 valence electrons. The lowest BCUT2D eigenvalue weighted by atomic mass is 9.85. The summed E-state index contributed by atoms with van der Waals surface area (Å²) in [7, 11) is -5.01. The fraction of sp³-hybridized carbons (Fsp3) is 0.878. The Hall–Kier alpha value is -1.18. The van der Waals surface area contributed by atoms with Gasteiger partial charge in [-0.3, -0.25) is 13.8 Å². The van der Waals surface area contributed by atoms with Crippen molar-refractivity contribution in [2.45, 2.75) is 211 Å². The number of rotatable bonds is 35. The van der Waals surface area contributed by atoms with Crippen LogP contribution in [0.25, 0.3) is 0 Å². The van der Waals surface area contributed by atoms with Gasteiger partial charge in [-0.2, -0.15) is 0 Å². The summed E-state index contributed by atoms with van der Waals surface area (Å²) in [6.45, 7) is 4.19. The highest BCUT2D eigenvalue weighted by Gasteiger charge is 2.51. The van der Waals surface area contributed by atoms with Crippen LogP contribution in [-0.2, 0) is 27.9 Å². The number of esters is 1. The number of phosphoric acid groups is 1. The molecule has 1 fully saturated rings. The van der Waals surface area contributed by atoms with E-state index in [1.54, 1.807) is 0 Å². The number of hydrogen-bond acceptors (Lipinski definition) is 11. The molecule has 0 spiro atoms. The predicted molar refractivity (Wildman–Crippen MR) is 212 cm³/mol. The molecule has 0 aromatic rings. The number of allylic oxidation sites excluding steroid dienone is 4. The highest BCUT2D eigenvalue weighted by atomic mass is 31.2. The summed E-state index contributed by atoms with van der Waals surface area (Å²) in [5.74, 6) is -0.483. The zero-order valence-electron chi connectivity index (χ0n) is 33.5. The van der Waals surface area contributed by atoms with Gasteiger partial charge in [-0.25, -0.2) is 4.57 Å². The Morgan fingerprint density at radius 2 is 1.04 bits per heavy atom. The van der Waals surface area contributed by atoms with E-state index in [-0.39, 0.29) is 13.0 Å². The second kappa shape index (κ2) is 32.9. The maximum atomic E-state index is 12.8. The second-order valence-electron chi connectivity index (χ2n) is 14.8. The van der Waals surface area contributed by atoms with Crippen molar-refractivity contribution in [3.63, 3.8) is 0 Å². The normalized spacial score (nSPS) is 23.6. The van der Waals surface area contributed by atoms with Crippen LogP contribution in [-0.4, -0.2) is 98.9 Å². The van der Waals surface area contributed by atoms with Crippen LogP contribution in [0.4, 0.5) is 0 Å². The van der Waals surface area contributed by atoms with Crippen molar-refractivity contribution >= 4 is 13.8 Å². The molecule has 0 aliphatic heterocycles. The van der Waals surface area contributed by atoms with E-state index in [2.05, 4.69) is 38.2 Å². The predicted octanol–water partition coefficient (Wildman–Crippen LogP) is 7.75. The van der Waals surface area contributed by atoms with Crippen LogP contribution in [0.15, 0.2) is 24.3 Å². The summed E-state index contributed by atoms with van der Waals surface area (Å²) in [5, 5.41) is 50.0. The van der Waals surface area contributed by atoms with Crippen LogP contribution in [0.5, 0.6) is 0 Å². The molecule has 1 saturated carbocycles. The summed E-state index contributed by atoms with van der Waals surface area (Å²) in [5.41, 5.74) is 0. The topological polar surface area (TPSA) is 192 Å².